The summed E-state index contributed by atoms with van der Waals surface area (Å²) >= 11 is 1.64. The van der Waals surface area contributed by atoms with Gasteiger partial charge in [0.2, 0.25) is 0 Å². The van der Waals surface area contributed by atoms with Gasteiger partial charge in [-0.2, -0.15) is 11.3 Å². The third-order valence-electron chi connectivity index (χ3n) is 2.39. The number of piperazine rings is 1. The lowest BCUT2D eigenvalue weighted by atomic mass is 10.1. The average molecular weight is 212 g/mol. The first-order valence-electron chi connectivity index (χ1n) is 4.51. The number of rotatable bonds is 1. The Labute approximate surface area is 86.2 Å². The highest BCUT2D eigenvalue weighted by Gasteiger charge is 2.23. The molecule has 14 heavy (non-hydrogen) atoms. The molecule has 1 aromatic rings. The molecule has 0 saturated carbocycles. The van der Waals surface area contributed by atoms with Gasteiger partial charge >= 0.3 is 6.09 Å². The fourth-order valence-corrected chi connectivity index (χ4v) is 2.33. The highest BCUT2D eigenvalue weighted by Crippen LogP contribution is 2.19. The molecule has 1 aromatic heterocycles. The average Bonchev–Trinajstić information content (AvgIpc) is 2.71. The highest BCUT2D eigenvalue weighted by atomic mass is 32.1. The summed E-state index contributed by atoms with van der Waals surface area (Å²) in [6.45, 7) is 1.86. The van der Waals surface area contributed by atoms with Crippen LogP contribution in [0.2, 0.25) is 0 Å². The topological polar surface area (TPSA) is 52.6 Å². The largest absolute Gasteiger partial charge is 0.465 e. The van der Waals surface area contributed by atoms with E-state index in [0.717, 1.165) is 6.54 Å². The van der Waals surface area contributed by atoms with Crippen molar-refractivity contribution in [2.75, 3.05) is 19.6 Å². The maximum absolute atomic E-state index is 10.8. The van der Waals surface area contributed by atoms with E-state index >= 15 is 0 Å². The minimum Gasteiger partial charge on any atom is -0.465 e. The van der Waals surface area contributed by atoms with Crippen LogP contribution < -0.4 is 5.32 Å². The molecule has 2 rings (SSSR count). The van der Waals surface area contributed by atoms with Crippen molar-refractivity contribution in [3.63, 3.8) is 0 Å². The Kier molecular flexibility index (Phi) is 2.69. The molecular weight excluding hydrogens is 200 g/mol. The van der Waals surface area contributed by atoms with Gasteiger partial charge in [0.15, 0.2) is 0 Å². The Morgan fingerprint density at radius 1 is 1.71 bits per heavy atom. The van der Waals surface area contributed by atoms with E-state index in [4.69, 9.17) is 5.11 Å². The van der Waals surface area contributed by atoms with E-state index in [1.54, 1.807) is 11.3 Å². The zero-order chi connectivity index (χ0) is 9.97. The van der Waals surface area contributed by atoms with Crippen LogP contribution in [0, 0.1) is 0 Å². The van der Waals surface area contributed by atoms with Crippen LogP contribution in [0.25, 0.3) is 0 Å². The van der Waals surface area contributed by atoms with Crippen molar-refractivity contribution in [1.29, 1.82) is 0 Å². The first-order chi connectivity index (χ1) is 6.77. The molecular formula is C9H12N2O2S. The number of nitrogens with zero attached hydrogens (tertiary/aromatic N) is 1. The van der Waals surface area contributed by atoms with Crippen molar-refractivity contribution in [2.45, 2.75) is 6.04 Å². The fourth-order valence-electron chi connectivity index (χ4n) is 1.62. The Balaban J connectivity index is 2.04. The summed E-state index contributed by atoms with van der Waals surface area (Å²) in [4.78, 5) is 12.2. The van der Waals surface area contributed by atoms with Crippen LogP contribution in [0.5, 0.6) is 0 Å². The van der Waals surface area contributed by atoms with Gasteiger partial charge in [-0.25, -0.2) is 4.79 Å². The number of nitrogens with one attached hydrogen (secondary N) is 1. The molecule has 0 aromatic carbocycles. The van der Waals surface area contributed by atoms with E-state index in [9.17, 15) is 4.79 Å². The lowest BCUT2D eigenvalue weighted by Crippen LogP contribution is -2.47. The van der Waals surface area contributed by atoms with Crippen molar-refractivity contribution >= 4 is 17.4 Å². The van der Waals surface area contributed by atoms with Crippen LogP contribution in [0.3, 0.4) is 0 Å². The third kappa shape index (κ3) is 1.88. The van der Waals surface area contributed by atoms with E-state index in [1.165, 1.54) is 10.5 Å². The first kappa shape index (κ1) is 9.48. The van der Waals surface area contributed by atoms with Crippen LogP contribution in [0.4, 0.5) is 4.79 Å². The lowest BCUT2D eigenvalue weighted by Gasteiger charge is -2.31. The predicted octanol–water partition coefficient (Wildman–Crippen LogP) is 1.37. The van der Waals surface area contributed by atoms with Gasteiger partial charge in [-0.05, 0) is 22.4 Å². The Bertz CT molecular complexity index is 313. The first-order valence-corrected chi connectivity index (χ1v) is 5.45. The summed E-state index contributed by atoms with van der Waals surface area (Å²) in [5, 5.41) is 16.2. The Morgan fingerprint density at radius 3 is 3.21 bits per heavy atom. The van der Waals surface area contributed by atoms with Crippen LogP contribution in [0.1, 0.15) is 11.6 Å². The van der Waals surface area contributed by atoms with Crippen molar-refractivity contribution in [2.24, 2.45) is 0 Å². The molecule has 0 spiro atoms. The van der Waals surface area contributed by atoms with Gasteiger partial charge in [-0.3, -0.25) is 0 Å². The Hall–Kier alpha value is -1.07. The van der Waals surface area contributed by atoms with Crippen molar-refractivity contribution < 1.29 is 9.90 Å². The summed E-state index contributed by atoms with van der Waals surface area (Å²) in [6.07, 6.45) is -0.827. The van der Waals surface area contributed by atoms with Gasteiger partial charge in [0.25, 0.3) is 0 Å². The fraction of sp³-hybridized carbons (Fsp3) is 0.444. The maximum Gasteiger partial charge on any atom is 0.407 e. The monoisotopic (exact) mass is 212 g/mol. The second kappa shape index (κ2) is 3.98. The summed E-state index contributed by atoms with van der Waals surface area (Å²) in [6, 6.07) is 2.19. The minimum atomic E-state index is -0.827. The van der Waals surface area contributed by atoms with E-state index in [0.29, 0.717) is 13.1 Å². The summed E-state index contributed by atoms with van der Waals surface area (Å²) < 4.78 is 0. The molecule has 4 nitrogen and oxygen atoms in total. The van der Waals surface area contributed by atoms with Crippen LogP contribution in [-0.2, 0) is 0 Å². The van der Waals surface area contributed by atoms with E-state index in [2.05, 4.69) is 10.7 Å². The lowest BCUT2D eigenvalue weighted by molar-refractivity contribution is 0.129. The molecule has 1 atom stereocenters. The number of hydrogen-bond acceptors (Lipinski definition) is 3. The molecule has 2 N–H and O–H groups in total. The number of hydrogen-bond donors (Lipinski definition) is 2. The van der Waals surface area contributed by atoms with E-state index in [-0.39, 0.29) is 6.04 Å². The zero-order valence-electron chi connectivity index (χ0n) is 7.64. The smallest absolute Gasteiger partial charge is 0.407 e. The van der Waals surface area contributed by atoms with Gasteiger partial charge in [0.05, 0.1) is 6.04 Å². The summed E-state index contributed by atoms with van der Waals surface area (Å²) in [5.41, 5.74) is 1.18. The second-order valence-electron chi connectivity index (χ2n) is 3.29. The molecule has 0 bridgehead atoms. The van der Waals surface area contributed by atoms with Gasteiger partial charge in [-0.15, -0.1) is 0 Å². The van der Waals surface area contributed by atoms with E-state index < -0.39 is 6.09 Å². The van der Waals surface area contributed by atoms with Gasteiger partial charge in [0, 0.05) is 19.6 Å². The quantitative estimate of drug-likeness (QED) is 0.739. The maximum atomic E-state index is 10.8. The van der Waals surface area contributed by atoms with Gasteiger partial charge < -0.3 is 15.3 Å². The summed E-state index contributed by atoms with van der Waals surface area (Å²) in [5.74, 6) is 0. The molecule has 1 unspecified atom stereocenters. The zero-order valence-corrected chi connectivity index (χ0v) is 8.46. The molecule has 1 saturated heterocycles. The van der Waals surface area contributed by atoms with Crippen LogP contribution in [0.15, 0.2) is 16.8 Å². The molecule has 1 fully saturated rings. The normalized spacial score (nSPS) is 22.3. The van der Waals surface area contributed by atoms with Crippen molar-refractivity contribution in [3.05, 3.63) is 22.4 Å². The predicted molar refractivity (Wildman–Crippen MR) is 54.7 cm³/mol. The van der Waals surface area contributed by atoms with Gasteiger partial charge in [0.1, 0.15) is 0 Å². The molecule has 76 valence electrons. The second-order valence-corrected chi connectivity index (χ2v) is 4.07. The molecule has 0 radical (unpaired) electrons. The standard InChI is InChI=1S/C9H12N2O2S/c12-9(13)11-3-2-10-8(5-11)7-1-4-14-6-7/h1,4,6,8,10H,2-3,5H2,(H,12,13). The Morgan fingerprint density at radius 2 is 2.57 bits per heavy atom. The van der Waals surface area contributed by atoms with Crippen LogP contribution >= 0.6 is 11.3 Å². The molecule has 2 heterocycles. The van der Waals surface area contributed by atoms with Crippen LogP contribution in [-0.4, -0.2) is 35.7 Å². The van der Waals surface area contributed by atoms with Crippen molar-refractivity contribution in [1.82, 2.24) is 10.2 Å². The highest BCUT2D eigenvalue weighted by molar-refractivity contribution is 7.07. The van der Waals surface area contributed by atoms with Gasteiger partial charge in [-0.1, -0.05) is 0 Å². The minimum absolute atomic E-state index is 0.158. The number of carboxylic acid groups (broad SMARTS) is 1. The number of amides is 1. The molecule has 0 aliphatic carbocycles. The molecule has 1 amide bonds. The third-order valence-corrected chi connectivity index (χ3v) is 3.09. The molecule has 1 aliphatic rings. The van der Waals surface area contributed by atoms with E-state index in [1.807, 2.05) is 11.4 Å². The number of thiophene rings is 1. The molecule has 1 aliphatic heterocycles. The SMILES string of the molecule is O=C(O)N1CCNC(c2ccsc2)C1. The number of carbonyl (C=O) groups is 1. The summed E-state index contributed by atoms with van der Waals surface area (Å²) in [7, 11) is 0. The van der Waals surface area contributed by atoms with Crippen molar-refractivity contribution in [3.8, 4) is 0 Å². The molecule has 5 heteroatoms.